The summed E-state index contributed by atoms with van der Waals surface area (Å²) in [5.74, 6) is -0.829. The van der Waals surface area contributed by atoms with Gasteiger partial charge in [0, 0.05) is 6.08 Å². The van der Waals surface area contributed by atoms with Gasteiger partial charge in [-0.05, 0) is 54.3 Å². The largest absolute Gasteiger partial charge is 0.485 e. The maximum absolute atomic E-state index is 11.5. The Morgan fingerprint density at radius 3 is 2.42 bits per heavy atom. The minimum atomic E-state index is -1.10. The van der Waals surface area contributed by atoms with Gasteiger partial charge in [-0.2, -0.15) is 0 Å². The summed E-state index contributed by atoms with van der Waals surface area (Å²) in [6.45, 7) is 3.54. The molecular formula is C19H17ClO4. The maximum Gasteiger partial charge on any atom is 0.339 e. The van der Waals surface area contributed by atoms with Crippen LogP contribution in [0.3, 0.4) is 0 Å². The summed E-state index contributed by atoms with van der Waals surface area (Å²) in [6.07, 6.45) is 0.951. The molecule has 0 bridgehead atoms. The van der Waals surface area contributed by atoms with Gasteiger partial charge >= 0.3 is 5.97 Å². The molecule has 0 aliphatic carbocycles. The molecule has 1 unspecified atom stereocenters. The Hall–Kier alpha value is -2.59. The molecule has 0 saturated heterocycles. The number of allylic oxidation sites excluding steroid dienone is 2. The van der Waals surface area contributed by atoms with Gasteiger partial charge in [0.05, 0.1) is 0 Å². The second-order valence-corrected chi connectivity index (χ2v) is 5.69. The molecular weight excluding hydrogens is 328 g/mol. The average molecular weight is 345 g/mol. The smallest absolute Gasteiger partial charge is 0.339 e. The molecule has 5 heteroatoms. The van der Waals surface area contributed by atoms with Gasteiger partial charge in [0.15, 0.2) is 0 Å². The zero-order valence-electron chi connectivity index (χ0n) is 13.3. The highest BCUT2D eigenvalue weighted by molar-refractivity contribution is 6.67. The van der Waals surface area contributed by atoms with E-state index in [0.717, 1.165) is 5.56 Å². The van der Waals surface area contributed by atoms with Crippen molar-refractivity contribution in [2.45, 2.75) is 20.0 Å². The molecule has 2 rings (SSSR count). The predicted octanol–water partition coefficient (Wildman–Crippen LogP) is 4.69. The number of aromatic carboxylic acids is 1. The Morgan fingerprint density at radius 2 is 1.83 bits per heavy atom. The summed E-state index contributed by atoms with van der Waals surface area (Å²) in [5.41, 5.74) is 2.16. The Kier molecular flexibility index (Phi) is 5.77. The van der Waals surface area contributed by atoms with Gasteiger partial charge in [-0.25, -0.2) is 4.79 Å². The van der Waals surface area contributed by atoms with Crippen LogP contribution in [0.25, 0.3) is 5.57 Å². The molecule has 0 spiro atoms. The van der Waals surface area contributed by atoms with Crippen molar-refractivity contribution in [1.82, 2.24) is 0 Å². The lowest BCUT2D eigenvalue weighted by Gasteiger charge is -2.17. The van der Waals surface area contributed by atoms with E-state index in [0.29, 0.717) is 11.1 Å². The van der Waals surface area contributed by atoms with Crippen LogP contribution in [0.5, 0.6) is 5.75 Å². The van der Waals surface area contributed by atoms with Crippen LogP contribution in [0, 0.1) is 0 Å². The van der Waals surface area contributed by atoms with Gasteiger partial charge in [-0.1, -0.05) is 36.4 Å². The second-order valence-electron chi connectivity index (χ2n) is 5.32. The Bertz CT molecular complexity index is 781. The van der Waals surface area contributed by atoms with Crippen molar-refractivity contribution in [1.29, 1.82) is 0 Å². The lowest BCUT2D eigenvalue weighted by Crippen LogP contribution is -2.08. The Morgan fingerprint density at radius 1 is 1.17 bits per heavy atom. The van der Waals surface area contributed by atoms with Gasteiger partial charge in [0.2, 0.25) is 5.24 Å². The summed E-state index contributed by atoms with van der Waals surface area (Å²) in [4.78, 5) is 22.5. The van der Waals surface area contributed by atoms with Crippen molar-refractivity contribution in [3.63, 3.8) is 0 Å². The molecule has 124 valence electrons. The van der Waals surface area contributed by atoms with Crippen LogP contribution < -0.4 is 4.74 Å². The van der Waals surface area contributed by atoms with E-state index in [4.69, 9.17) is 16.3 Å². The van der Waals surface area contributed by atoms with Crippen molar-refractivity contribution in [3.8, 4) is 5.75 Å². The number of halogens is 1. The van der Waals surface area contributed by atoms with E-state index in [2.05, 4.69) is 0 Å². The fourth-order valence-corrected chi connectivity index (χ4v) is 2.44. The molecule has 1 N–H and O–H groups in total. The molecule has 0 heterocycles. The van der Waals surface area contributed by atoms with Gasteiger partial charge < -0.3 is 9.84 Å². The predicted molar refractivity (Wildman–Crippen MR) is 93.4 cm³/mol. The van der Waals surface area contributed by atoms with E-state index in [-0.39, 0.29) is 17.4 Å². The number of carboxylic acid groups (broad SMARTS) is 1. The fourth-order valence-electron chi connectivity index (χ4n) is 2.28. The van der Waals surface area contributed by atoms with Gasteiger partial charge in [-0.15, -0.1) is 0 Å². The maximum atomic E-state index is 11.5. The number of rotatable bonds is 6. The highest BCUT2D eigenvalue weighted by Gasteiger charge is 2.16. The summed E-state index contributed by atoms with van der Waals surface area (Å²) < 4.78 is 5.82. The molecule has 0 amide bonds. The summed E-state index contributed by atoms with van der Waals surface area (Å²) in [5, 5.41) is 8.84. The number of benzene rings is 2. The molecule has 24 heavy (non-hydrogen) atoms. The van der Waals surface area contributed by atoms with Crippen LogP contribution in [-0.4, -0.2) is 16.3 Å². The van der Waals surface area contributed by atoms with Crippen molar-refractivity contribution >= 4 is 28.4 Å². The first-order valence-electron chi connectivity index (χ1n) is 7.35. The molecule has 0 fully saturated rings. The molecule has 2 aromatic rings. The number of ether oxygens (including phenoxy) is 1. The van der Waals surface area contributed by atoms with Gasteiger partial charge in [-0.3, -0.25) is 4.79 Å². The standard InChI is InChI=1S/C19H17ClO4/c1-12(10-18(20)21)15-8-9-17(16(11-15)19(22)23)24-13(2)14-6-4-3-5-7-14/h3-11,13H,1-2H3,(H,22,23)/b12-10+. The third-order valence-corrected chi connectivity index (χ3v) is 3.68. The van der Waals surface area contributed by atoms with Crippen molar-refractivity contribution in [2.24, 2.45) is 0 Å². The fraction of sp³-hybridized carbons (Fsp3) is 0.158. The molecule has 2 aromatic carbocycles. The second kappa shape index (κ2) is 7.79. The number of carboxylic acids is 1. The number of hydrogen-bond donors (Lipinski definition) is 1. The summed E-state index contributed by atoms with van der Waals surface area (Å²) in [6, 6.07) is 14.3. The zero-order valence-corrected chi connectivity index (χ0v) is 14.1. The minimum absolute atomic E-state index is 0.0325. The van der Waals surface area contributed by atoms with E-state index in [9.17, 15) is 14.7 Å². The lowest BCUT2D eigenvalue weighted by molar-refractivity contribution is -0.107. The van der Waals surface area contributed by atoms with Crippen molar-refractivity contribution in [3.05, 3.63) is 71.3 Å². The summed E-state index contributed by atoms with van der Waals surface area (Å²) >= 11 is 5.34. The average Bonchev–Trinajstić information content (AvgIpc) is 2.55. The lowest BCUT2D eigenvalue weighted by atomic mass is 10.0. The van der Waals surface area contributed by atoms with E-state index in [1.54, 1.807) is 19.1 Å². The van der Waals surface area contributed by atoms with E-state index in [1.807, 2.05) is 37.3 Å². The zero-order chi connectivity index (χ0) is 17.7. The molecule has 0 aliphatic heterocycles. The Labute approximate surface area is 145 Å². The van der Waals surface area contributed by atoms with Crippen LogP contribution in [0.15, 0.2) is 54.6 Å². The van der Waals surface area contributed by atoms with Crippen LogP contribution in [0.2, 0.25) is 0 Å². The first kappa shape index (κ1) is 17.8. The molecule has 0 radical (unpaired) electrons. The van der Waals surface area contributed by atoms with Crippen LogP contribution in [0.1, 0.15) is 41.4 Å². The van der Waals surface area contributed by atoms with E-state index >= 15 is 0 Å². The Balaban J connectivity index is 2.34. The van der Waals surface area contributed by atoms with Gasteiger partial charge in [0.1, 0.15) is 17.4 Å². The van der Waals surface area contributed by atoms with Crippen LogP contribution in [0.4, 0.5) is 0 Å². The van der Waals surface area contributed by atoms with Crippen molar-refractivity contribution in [2.75, 3.05) is 0 Å². The van der Waals surface area contributed by atoms with Crippen LogP contribution in [-0.2, 0) is 4.79 Å². The number of carbonyl (C=O) groups excluding carboxylic acids is 1. The first-order valence-corrected chi connectivity index (χ1v) is 7.73. The van der Waals surface area contributed by atoms with Crippen LogP contribution >= 0.6 is 11.6 Å². The van der Waals surface area contributed by atoms with E-state index < -0.39 is 11.2 Å². The molecule has 0 saturated carbocycles. The topological polar surface area (TPSA) is 63.6 Å². The van der Waals surface area contributed by atoms with Gasteiger partial charge in [0.25, 0.3) is 0 Å². The molecule has 0 aliphatic rings. The highest BCUT2D eigenvalue weighted by Crippen LogP contribution is 2.28. The molecule has 4 nitrogen and oxygen atoms in total. The summed E-state index contributed by atoms with van der Waals surface area (Å²) in [7, 11) is 0. The highest BCUT2D eigenvalue weighted by atomic mass is 35.5. The minimum Gasteiger partial charge on any atom is -0.485 e. The molecule has 0 aromatic heterocycles. The molecule has 1 atom stereocenters. The SMILES string of the molecule is C/C(=C\C(=O)Cl)c1ccc(OC(C)c2ccccc2)c(C(=O)O)c1. The third kappa shape index (κ3) is 4.46. The quantitative estimate of drug-likeness (QED) is 0.609. The first-order chi connectivity index (χ1) is 11.4. The number of carbonyl (C=O) groups is 2. The van der Waals surface area contributed by atoms with E-state index in [1.165, 1.54) is 12.1 Å². The number of hydrogen-bond acceptors (Lipinski definition) is 3. The van der Waals surface area contributed by atoms with Crippen molar-refractivity contribution < 1.29 is 19.4 Å². The third-order valence-electron chi connectivity index (χ3n) is 3.57. The monoisotopic (exact) mass is 344 g/mol. The normalized spacial score (nSPS) is 12.5.